The smallest absolute Gasteiger partial charge is 0.270 e. The number of amides is 1. The predicted octanol–water partition coefficient (Wildman–Crippen LogP) is 3.30. The standard InChI is InChI=1S/C24H29N5O2/c1-14-5-4-7-29(12-14)24-26-19-6-8-28(13-18(19)22(30)27-24)23(31)21-11-17-16(3)9-15(2)10-20(17)25-21/h9-11,14,25H,4-8,12-13H2,1-3H3,(H,26,27,30)/t14-/m0/s1. The summed E-state index contributed by atoms with van der Waals surface area (Å²) < 4.78 is 0. The Hall–Kier alpha value is -3.09. The van der Waals surface area contributed by atoms with Gasteiger partial charge in [-0.3, -0.25) is 14.6 Å². The highest BCUT2D eigenvalue weighted by Crippen LogP contribution is 2.25. The molecule has 2 aliphatic heterocycles. The summed E-state index contributed by atoms with van der Waals surface area (Å²) in [5, 5.41) is 1.06. The summed E-state index contributed by atoms with van der Waals surface area (Å²) in [5.74, 6) is 1.20. The molecule has 0 radical (unpaired) electrons. The van der Waals surface area contributed by atoms with Crippen LogP contribution in [-0.2, 0) is 13.0 Å². The lowest BCUT2D eigenvalue weighted by molar-refractivity contribution is 0.0727. The van der Waals surface area contributed by atoms with Crippen molar-refractivity contribution < 1.29 is 4.79 Å². The molecule has 1 aromatic carbocycles. The van der Waals surface area contributed by atoms with Crippen molar-refractivity contribution in [2.45, 2.75) is 46.6 Å². The molecule has 2 aromatic heterocycles. The van der Waals surface area contributed by atoms with Crippen molar-refractivity contribution in [1.82, 2.24) is 19.9 Å². The molecule has 0 bridgehead atoms. The maximum atomic E-state index is 13.2. The second-order valence-corrected chi connectivity index (χ2v) is 9.21. The van der Waals surface area contributed by atoms with Crippen LogP contribution in [0.15, 0.2) is 23.0 Å². The number of carbonyl (C=O) groups is 1. The molecule has 7 heteroatoms. The number of aromatic amines is 2. The molecule has 0 unspecified atom stereocenters. The van der Waals surface area contributed by atoms with Crippen LogP contribution in [0.3, 0.4) is 0 Å². The number of nitrogens with one attached hydrogen (secondary N) is 2. The third-order valence-electron chi connectivity index (χ3n) is 6.62. The summed E-state index contributed by atoms with van der Waals surface area (Å²) in [6.07, 6.45) is 2.93. The van der Waals surface area contributed by atoms with Crippen molar-refractivity contribution in [2.24, 2.45) is 5.92 Å². The van der Waals surface area contributed by atoms with Crippen LogP contribution in [-0.4, -0.2) is 45.4 Å². The number of anilines is 1. The number of carbonyl (C=O) groups excluding carboxylic acids is 1. The number of piperidine rings is 1. The number of nitrogens with zero attached hydrogens (tertiary/aromatic N) is 3. The quantitative estimate of drug-likeness (QED) is 0.667. The molecule has 2 aliphatic rings. The van der Waals surface area contributed by atoms with E-state index in [0.29, 0.717) is 42.6 Å². The first kappa shape index (κ1) is 19.8. The van der Waals surface area contributed by atoms with Gasteiger partial charge in [-0.25, -0.2) is 4.98 Å². The van der Waals surface area contributed by atoms with Crippen LogP contribution >= 0.6 is 0 Å². The Bertz CT molecular complexity index is 1220. The molecule has 1 saturated heterocycles. The number of hydrogen-bond acceptors (Lipinski definition) is 4. The molecule has 0 aliphatic carbocycles. The highest BCUT2D eigenvalue weighted by atomic mass is 16.2. The molecule has 0 spiro atoms. The minimum atomic E-state index is -0.126. The van der Waals surface area contributed by atoms with Crippen molar-refractivity contribution in [1.29, 1.82) is 0 Å². The van der Waals surface area contributed by atoms with E-state index in [1.807, 2.05) is 6.07 Å². The predicted molar refractivity (Wildman–Crippen MR) is 122 cm³/mol. The van der Waals surface area contributed by atoms with E-state index < -0.39 is 0 Å². The van der Waals surface area contributed by atoms with Crippen molar-refractivity contribution >= 4 is 22.8 Å². The zero-order valence-corrected chi connectivity index (χ0v) is 18.4. The normalized spacial score (nSPS) is 19.0. The third-order valence-corrected chi connectivity index (χ3v) is 6.62. The summed E-state index contributed by atoms with van der Waals surface area (Å²) in [6.45, 7) is 9.04. The first-order chi connectivity index (χ1) is 14.9. The second-order valence-electron chi connectivity index (χ2n) is 9.21. The minimum Gasteiger partial charge on any atom is -0.351 e. The Morgan fingerprint density at radius 3 is 2.81 bits per heavy atom. The zero-order chi connectivity index (χ0) is 21.7. The van der Waals surface area contributed by atoms with Gasteiger partial charge in [0.15, 0.2) is 0 Å². The van der Waals surface area contributed by atoms with Gasteiger partial charge in [0.25, 0.3) is 11.5 Å². The maximum absolute atomic E-state index is 13.2. The van der Waals surface area contributed by atoms with Gasteiger partial charge in [-0.2, -0.15) is 0 Å². The van der Waals surface area contributed by atoms with E-state index in [9.17, 15) is 9.59 Å². The molecule has 3 aromatic rings. The number of aryl methyl sites for hydroxylation is 2. The van der Waals surface area contributed by atoms with Gasteiger partial charge in [0.1, 0.15) is 5.69 Å². The van der Waals surface area contributed by atoms with E-state index in [0.717, 1.165) is 47.2 Å². The van der Waals surface area contributed by atoms with Crippen LogP contribution < -0.4 is 10.5 Å². The number of hydrogen-bond donors (Lipinski definition) is 2. The van der Waals surface area contributed by atoms with Gasteiger partial charge in [-0.1, -0.05) is 13.0 Å². The lowest BCUT2D eigenvalue weighted by Crippen LogP contribution is -2.41. The first-order valence-electron chi connectivity index (χ1n) is 11.2. The fourth-order valence-electron chi connectivity index (χ4n) is 5.00. The maximum Gasteiger partial charge on any atom is 0.270 e. The molecular weight excluding hydrogens is 390 g/mol. The molecule has 2 N–H and O–H groups in total. The lowest BCUT2D eigenvalue weighted by Gasteiger charge is -2.33. The van der Waals surface area contributed by atoms with Gasteiger partial charge in [0, 0.05) is 37.0 Å². The number of aromatic nitrogens is 3. The van der Waals surface area contributed by atoms with Crippen molar-refractivity contribution in [3.63, 3.8) is 0 Å². The van der Waals surface area contributed by atoms with Gasteiger partial charge in [-0.15, -0.1) is 0 Å². The van der Waals surface area contributed by atoms with Gasteiger partial charge in [-0.05, 0) is 55.9 Å². The number of benzene rings is 1. The molecule has 5 rings (SSSR count). The zero-order valence-electron chi connectivity index (χ0n) is 18.4. The summed E-state index contributed by atoms with van der Waals surface area (Å²) in [4.78, 5) is 41.0. The Balaban J connectivity index is 1.40. The molecule has 1 atom stereocenters. The van der Waals surface area contributed by atoms with Crippen LogP contribution in [0.2, 0.25) is 0 Å². The summed E-state index contributed by atoms with van der Waals surface area (Å²) in [5.41, 5.74) is 5.15. The molecule has 1 fully saturated rings. The minimum absolute atomic E-state index is 0.0766. The largest absolute Gasteiger partial charge is 0.351 e. The molecule has 0 saturated carbocycles. The average molecular weight is 420 g/mol. The van der Waals surface area contributed by atoms with Crippen molar-refractivity contribution in [3.05, 3.63) is 56.6 Å². The summed E-state index contributed by atoms with van der Waals surface area (Å²) in [7, 11) is 0. The van der Waals surface area contributed by atoms with Gasteiger partial charge in [0.2, 0.25) is 5.95 Å². The molecule has 1 amide bonds. The van der Waals surface area contributed by atoms with Gasteiger partial charge < -0.3 is 14.8 Å². The summed E-state index contributed by atoms with van der Waals surface area (Å²) in [6, 6.07) is 6.10. The van der Waals surface area contributed by atoms with Crippen LogP contribution in [0.25, 0.3) is 10.9 Å². The highest BCUT2D eigenvalue weighted by molar-refractivity contribution is 5.99. The fraction of sp³-hybridized carbons (Fsp3) is 0.458. The molecule has 4 heterocycles. The van der Waals surface area contributed by atoms with Crippen LogP contribution in [0.5, 0.6) is 0 Å². The Kier molecular flexibility index (Phi) is 4.84. The van der Waals surface area contributed by atoms with E-state index in [2.05, 4.69) is 47.8 Å². The Morgan fingerprint density at radius 2 is 2.00 bits per heavy atom. The van der Waals surface area contributed by atoms with E-state index in [1.165, 1.54) is 6.42 Å². The van der Waals surface area contributed by atoms with Crippen LogP contribution in [0, 0.1) is 19.8 Å². The number of fused-ring (bicyclic) bond motifs is 2. The fourth-order valence-corrected chi connectivity index (χ4v) is 5.00. The Morgan fingerprint density at radius 1 is 1.16 bits per heavy atom. The SMILES string of the molecule is Cc1cc(C)c2cc(C(=O)N3CCc4nc(N5CCC[C@H](C)C5)[nH]c(=O)c4C3)[nH]c2c1. The van der Waals surface area contributed by atoms with Crippen molar-refractivity contribution in [2.75, 3.05) is 24.5 Å². The van der Waals surface area contributed by atoms with Gasteiger partial charge in [0.05, 0.1) is 17.8 Å². The molecule has 7 nitrogen and oxygen atoms in total. The summed E-state index contributed by atoms with van der Waals surface area (Å²) >= 11 is 0. The van der Waals surface area contributed by atoms with Gasteiger partial charge >= 0.3 is 0 Å². The van der Waals surface area contributed by atoms with E-state index in [4.69, 9.17) is 4.98 Å². The Labute approximate surface area is 181 Å². The topological polar surface area (TPSA) is 85.1 Å². The average Bonchev–Trinajstić information content (AvgIpc) is 3.17. The first-order valence-corrected chi connectivity index (χ1v) is 11.2. The van der Waals surface area contributed by atoms with Crippen LogP contribution in [0.1, 0.15) is 52.6 Å². The molecule has 31 heavy (non-hydrogen) atoms. The van der Waals surface area contributed by atoms with E-state index in [1.54, 1.807) is 4.90 Å². The monoisotopic (exact) mass is 419 g/mol. The van der Waals surface area contributed by atoms with E-state index >= 15 is 0 Å². The lowest BCUT2D eigenvalue weighted by atomic mass is 10.0. The van der Waals surface area contributed by atoms with E-state index in [-0.39, 0.29) is 11.5 Å². The highest BCUT2D eigenvalue weighted by Gasteiger charge is 2.28. The van der Waals surface area contributed by atoms with Crippen LogP contribution in [0.4, 0.5) is 5.95 Å². The third kappa shape index (κ3) is 3.62. The van der Waals surface area contributed by atoms with Crippen molar-refractivity contribution in [3.8, 4) is 0 Å². The second kappa shape index (κ2) is 7.55. The molecular formula is C24H29N5O2. The number of rotatable bonds is 2. The number of H-pyrrole nitrogens is 2. The molecule has 162 valence electrons.